The van der Waals surface area contributed by atoms with Crippen LogP contribution in [0, 0.1) is 11.3 Å². The molecule has 0 aliphatic carbocycles. The Labute approximate surface area is 120 Å². The molecule has 0 saturated heterocycles. The Morgan fingerprint density at radius 3 is 2.50 bits per heavy atom. The third kappa shape index (κ3) is 3.52. The van der Waals surface area contributed by atoms with Gasteiger partial charge in [-0.1, -0.05) is 25.5 Å². The van der Waals surface area contributed by atoms with Crippen molar-refractivity contribution in [1.29, 1.82) is 5.26 Å². The fourth-order valence-electron chi connectivity index (χ4n) is 2.04. The molecule has 3 nitrogen and oxygen atoms in total. The zero-order valence-electron chi connectivity index (χ0n) is 11.7. The lowest BCUT2D eigenvalue weighted by Gasteiger charge is -2.10. The molecule has 0 aliphatic rings. The van der Waals surface area contributed by atoms with Crippen molar-refractivity contribution in [2.75, 3.05) is 11.1 Å². The molecule has 0 amide bonds. The largest absolute Gasteiger partial charge is 0.397 e. The molecule has 2 aromatic rings. The summed E-state index contributed by atoms with van der Waals surface area (Å²) in [5.41, 5.74) is 10.3. The van der Waals surface area contributed by atoms with Gasteiger partial charge in [-0.2, -0.15) is 5.26 Å². The molecular formula is C17H19N3. The molecule has 20 heavy (non-hydrogen) atoms. The van der Waals surface area contributed by atoms with Crippen LogP contribution in [0.1, 0.15) is 30.9 Å². The van der Waals surface area contributed by atoms with E-state index in [9.17, 15) is 0 Å². The number of hydrogen-bond acceptors (Lipinski definition) is 3. The van der Waals surface area contributed by atoms with Crippen LogP contribution in [0.3, 0.4) is 0 Å². The minimum Gasteiger partial charge on any atom is -0.397 e. The SMILES string of the molecule is CCCCc1ccc(Nc2ccc(C#N)cc2N)cc1. The van der Waals surface area contributed by atoms with E-state index in [1.165, 1.54) is 18.4 Å². The molecule has 0 heterocycles. The molecule has 0 bridgehead atoms. The fourth-order valence-corrected chi connectivity index (χ4v) is 2.04. The molecule has 0 radical (unpaired) electrons. The van der Waals surface area contributed by atoms with Gasteiger partial charge < -0.3 is 11.1 Å². The summed E-state index contributed by atoms with van der Waals surface area (Å²) in [6, 6.07) is 15.7. The molecule has 0 aromatic heterocycles. The highest BCUT2D eigenvalue weighted by molar-refractivity contribution is 5.73. The number of unbranched alkanes of at least 4 members (excludes halogenated alkanes) is 1. The van der Waals surface area contributed by atoms with Gasteiger partial charge in [0.1, 0.15) is 0 Å². The Kier molecular flexibility index (Phi) is 4.62. The van der Waals surface area contributed by atoms with Gasteiger partial charge in [0.2, 0.25) is 0 Å². The third-order valence-corrected chi connectivity index (χ3v) is 3.23. The van der Waals surface area contributed by atoms with E-state index >= 15 is 0 Å². The normalized spacial score (nSPS) is 10.0. The first kappa shape index (κ1) is 14.0. The topological polar surface area (TPSA) is 61.8 Å². The second kappa shape index (κ2) is 6.63. The number of nitrogens with zero attached hydrogens (tertiary/aromatic N) is 1. The van der Waals surface area contributed by atoms with E-state index in [1.807, 2.05) is 6.07 Å². The van der Waals surface area contributed by atoms with Crippen LogP contribution < -0.4 is 11.1 Å². The summed E-state index contributed by atoms with van der Waals surface area (Å²) in [6.45, 7) is 2.20. The molecule has 0 unspecified atom stereocenters. The number of nitrogens with two attached hydrogens (primary N) is 1. The highest BCUT2D eigenvalue weighted by Gasteiger charge is 2.01. The molecule has 2 aromatic carbocycles. The Hall–Kier alpha value is -2.47. The average Bonchev–Trinajstić information content (AvgIpc) is 2.48. The predicted octanol–water partition coefficient (Wildman–Crippen LogP) is 4.23. The molecule has 0 saturated carbocycles. The maximum atomic E-state index is 8.82. The molecule has 3 N–H and O–H groups in total. The van der Waals surface area contributed by atoms with Crippen molar-refractivity contribution in [1.82, 2.24) is 0 Å². The molecule has 0 atom stereocenters. The number of nitrogens with one attached hydrogen (secondary N) is 1. The van der Waals surface area contributed by atoms with Crippen LogP contribution in [-0.4, -0.2) is 0 Å². The quantitative estimate of drug-likeness (QED) is 0.795. The van der Waals surface area contributed by atoms with E-state index in [-0.39, 0.29) is 0 Å². The van der Waals surface area contributed by atoms with E-state index in [1.54, 1.807) is 12.1 Å². The first-order chi connectivity index (χ1) is 9.72. The third-order valence-electron chi connectivity index (χ3n) is 3.23. The number of anilines is 3. The lowest BCUT2D eigenvalue weighted by Crippen LogP contribution is -1.97. The Morgan fingerprint density at radius 1 is 1.15 bits per heavy atom. The van der Waals surface area contributed by atoms with Gasteiger partial charge in [0.05, 0.1) is 23.0 Å². The highest BCUT2D eigenvalue weighted by Crippen LogP contribution is 2.24. The fraction of sp³-hybridized carbons (Fsp3) is 0.235. The monoisotopic (exact) mass is 265 g/mol. The standard InChI is InChI=1S/C17H19N3/c1-2-3-4-13-5-8-15(9-6-13)20-17-10-7-14(12-18)11-16(17)19/h5-11,20H,2-4,19H2,1H3. The van der Waals surface area contributed by atoms with E-state index in [0.29, 0.717) is 11.3 Å². The van der Waals surface area contributed by atoms with Crippen molar-refractivity contribution >= 4 is 17.1 Å². The van der Waals surface area contributed by atoms with Crippen molar-refractivity contribution in [2.24, 2.45) is 0 Å². The number of hydrogen-bond donors (Lipinski definition) is 2. The number of rotatable bonds is 5. The van der Waals surface area contributed by atoms with Crippen molar-refractivity contribution < 1.29 is 0 Å². The van der Waals surface area contributed by atoms with Crippen molar-refractivity contribution in [2.45, 2.75) is 26.2 Å². The summed E-state index contributed by atoms with van der Waals surface area (Å²) in [5.74, 6) is 0. The first-order valence-corrected chi connectivity index (χ1v) is 6.88. The molecule has 0 spiro atoms. The van der Waals surface area contributed by atoms with E-state index < -0.39 is 0 Å². The van der Waals surface area contributed by atoms with Crippen LogP contribution in [0.25, 0.3) is 0 Å². The molecule has 102 valence electrons. The number of aryl methyl sites for hydroxylation is 1. The van der Waals surface area contributed by atoms with E-state index in [0.717, 1.165) is 17.8 Å². The smallest absolute Gasteiger partial charge is 0.0992 e. The number of nitriles is 1. The van der Waals surface area contributed by atoms with E-state index in [4.69, 9.17) is 11.0 Å². The second-order valence-electron chi connectivity index (χ2n) is 4.84. The molecular weight excluding hydrogens is 246 g/mol. The van der Waals surface area contributed by atoms with Crippen LogP contribution in [0.4, 0.5) is 17.1 Å². The second-order valence-corrected chi connectivity index (χ2v) is 4.84. The van der Waals surface area contributed by atoms with Crippen LogP contribution in [0.5, 0.6) is 0 Å². The van der Waals surface area contributed by atoms with Crippen molar-refractivity contribution in [3.63, 3.8) is 0 Å². The van der Waals surface area contributed by atoms with Gasteiger partial charge in [-0.25, -0.2) is 0 Å². The van der Waals surface area contributed by atoms with Crippen molar-refractivity contribution in [3.8, 4) is 6.07 Å². The summed E-state index contributed by atoms with van der Waals surface area (Å²) in [5, 5.41) is 12.1. The zero-order chi connectivity index (χ0) is 14.4. The van der Waals surface area contributed by atoms with Gasteiger partial charge in [0.25, 0.3) is 0 Å². The van der Waals surface area contributed by atoms with Gasteiger partial charge in [0, 0.05) is 5.69 Å². The maximum absolute atomic E-state index is 8.82. The van der Waals surface area contributed by atoms with Crippen LogP contribution in [0.2, 0.25) is 0 Å². The number of benzene rings is 2. The summed E-state index contributed by atoms with van der Waals surface area (Å²) in [6.07, 6.45) is 3.55. The van der Waals surface area contributed by atoms with Crippen molar-refractivity contribution in [3.05, 3.63) is 53.6 Å². The van der Waals surface area contributed by atoms with Crippen LogP contribution in [0.15, 0.2) is 42.5 Å². The molecule has 0 aliphatic heterocycles. The van der Waals surface area contributed by atoms with Crippen LogP contribution in [-0.2, 0) is 6.42 Å². The van der Waals surface area contributed by atoms with Gasteiger partial charge in [0.15, 0.2) is 0 Å². The Balaban J connectivity index is 2.08. The summed E-state index contributed by atoms with van der Waals surface area (Å²) < 4.78 is 0. The van der Waals surface area contributed by atoms with Crippen LogP contribution >= 0.6 is 0 Å². The van der Waals surface area contributed by atoms with Gasteiger partial charge in [-0.3, -0.25) is 0 Å². The van der Waals surface area contributed by atoms with Gasteiger partial charge >= 0.3 is 0 Å². The average molecular weight is 265 g/mol. The maximum Gasteiger partial charge on any atom is 0.0992 e. The molecule has 3 heteroatoms. The zero-order valence-corrected chi connectivity index (χ0v) is 11.7. The molecule has 0 fully saturated rings. The Bertz CT molecular complexity index is 609. The lowest BCUT2D eigenvalue weighted by atomic mass is 10.1. The van der Waals surface area contributed by atoms with Gasteiger partial charge in [-0.15, -0.1) is 0 Å². The molecule has 2 rings (SSSR count). The minimum absolute atomic E-state index is 0.572. The summed E-state index contributed by atoms with van der Waals surface area (Å²) >= 11 is 0. The summed E-state index contributed by atoms with van der Waals surface area (Å²) in [7, 11) is 0. The number of nitrogen functional groups attached to an aromatic ring is 1. The minimum atomic E-state index is 0.572. The highest BCUT2D eigenvalue weighted by atomic mass is 14.9. The lowest BCUT2D eigenvalue weighted by molar-refractivity contribution is 0.795. The summed E-state index contributed by atoms with van der Waals surface area (Å²) in [4.78, 5) is 0. The Morgan fingerprint density at radius 2 is 1.90 bits per heavy atom. The van der Waals surface area contributed by atoms with Gasteiger partial charge in [-0.05, 0) is 48.7 Å². The predicted molar refractivity (Wildman–Crippen MR) is 83.9 cm³/mol. The first-order valence-electron chi connectivity index (χ1n) is 6.88. The van der Waals surface area contributed by atoms with E-state index in [2.05, 4.69) is 42.6 Å².